The number of rotatable bonds is 2. The largest absolute Gasteiger partial charge is 0.464 e. The summed E-state index contributed by atoms with van der Waals surface area (Å²) in [5.74, 6) is -0.746. The van der Waals surface area contributed by atoms with Crippen LogP contribution >= 0.6 is 0 Å². The molecule has 0 saturated heterocycles. The molecule has 0 N–H and O–H groups in total. The number of esters is 1. The van der Waals surface area contributed by atoms with Gasteiger partial charge in [0, 0.05) is 18.8 Å². The van der Waals surface area contributed by atoms with Crippen molar-refractivity contribution >= 4 is 5.97 Å². The standard InChI is InChI=1S/C12H14N4O3/c1-7-5-16(9-6-15(3)13-8(9)2)14-10(11(7)17)12(18)19-4/h5-6H,1-4H3. The lowest BCUT2D eigenvalue weighted by molar-refractivity contribution is 0.0590. The number of aromatic nitrogens is 4. The molecule has 0 amide bonds. The van der Waals surface area contributed by atoms with Gasteiger partial charge < -0.3 is 4.74 Å². The first-order valence-corrected chi connectivity index (χ1v) is 5.63. The second-order valence-electron chi connectivity index (χ2n) is 4.20. The molecular weight excluding hydrogens is 248 g/mol. The third-order valence-corrected chi connectivity index (χ3v) is 2.71. The van der Waals surface area contributed by atoms with Gasteiger partial charge in [-0.05, 0) is 13.8 Å². The van der Waals surface area contributed by atoms with Crippen molar-refractivity contribution in [2.45, 2.75) is 13.8 Å². The highest BCUT2D eigenvalue weighted by molar-refractivity contribution is 5.87. The third kappa shape index (κ3) is 2.26. The number of ether oxygens (including phenoxy) is 1. The monoisotopic (exact) mass is 262 g/mol. The second kappa shape index (κ2) is 4.68. The summed E-state index contributed by atoms with van der Waals surface area (Å²) in [6, 6.07) is 0. The van der Waals surface area contributed by atoms with Gasteiger partial charge in [-0.1, -0.05) is 0 Å². The molecule has 0 atom stereocenters. The first-order chi connectivity index (χ1) is 8.93. The van der Waals surface area contributed by atoms with E-state index in [1.165, 1.54) is 11.8 Å². The Morgan fingerprint density at radius 3 is 2.47 bits per heavy atom. The molecule has 0 aliphatic heterocycles. The van der Waals surface area contributed by atoms with Gasteiger partial charge in [-0.15, -0.1) is 0 Å². The molecule has 100 valence electrons. The summed E-state index contributed by atoms with van der Waals surface area (Å²) in [4.78, 5) is 23.4. The van der Waals surface area contributed by atoms with Crippen LogP contribution in [0.25, 0.3) is 5.69 Å². The van der Waals surface area contributed by atoms with Crippen molar-refractivity contribution in [2.75, 3.05) is 7.11 Å². The molecule has 0 saturated carbocycles. The van der Waals surface area contributed by atoms with Crippen LogP contribution in [0.4, 0.5) is 0 Å². The summed E-state index contributed by atoms with van der Waals surface area (Å²) in [6.45, 7) is 3.45. The van der Waals surface area contributed by atoms with E-state index in [0.717, 1.165) is 5.69 Å². The molecule has 7 heteroatoms. The van der Waals surface area contributed by atoms with Crippen LogP contribution in [0.1, 0.15) is 21.7 Å². The molecule has 0 radical (unpaired) electrons. The summed E-state index contributed by atoms with van der Waals surface area (Å²) >= 11 is 0. The van der Waals surface area contributed by atoms with E-state index >= 15 is 0 Å². The lowest BCUT2D eigenvalue weighted by atomic mass is 10.2. The molecule has 2 aromatic heterocycles. The molecule has 7 nitrogen and oxygen atoms in total. The maximum Gasteiger partial charge on any atom is 0.362 e. The molecule has 2 aromatic rings. The molecule has 0 bridgehead atoms. The topological polar surface area (TPSA) is 79.0 Å². The smallest absolute Gasteiger partial charge is 0.362 e. The fourth-order valence-corrected chi connectivity index (χ4v) is 1.78. The van der Waals surface area contributed by atoms with E-state index in [-0.39, 0.29) is 5.69 Å². The van der Waals surface area contributed by atoms with Gasteiger partial charge in [-0.3, -0.25) is 9.48 Å². The first kappa shape index (κ1) is 13.0. The highest BCUT2D eigenvalue weighted by atomic mass is 16.5. The van der Waals surface area contributed by atoms with E-state index in [0.29, 0.717) is 11.3 Å². The van der Waals surface area contributed by atoms with E-state index in [1.54, 1.807) is 31.0 Å². The zero-order valence-corrected chi connectivity index (χ0v) is 11.2. The van der Waals surface area contributed by atoms with Crippen molar-refractivity contribution in [1.29, 1.82) is 0 Å². The Morgan fingerprint density at radius 1 is 1.26 bits per heavy atom. The van der Waals surface area contributed by atoms with Crippen LogP contribution in [0.2, 0.25) is 0 Å². The quantitative estimate of drug-likeness (QED) is 0.730. The molecule has 2 rings (SSSR count). The summed E-state index contributed by atoms with van der Waals surface area (Å²) in [5, 5.41) is 8.22. The molecule has 0 spiro atoms. The van der Waals surface area contributed by atoms with Gasteiger partial charge in [-0.25, -0.2) is 9.48 Å². The van der Waals surface area contributed by atoms with Crippen molar-refractivity contribution < 1.29 is 9.53 Å². The Hall–Kier alpha value is -2.44. The zero-order valence-electron chi connectivity index (χ0n) is 11.2. The van der Waals surface area contributed by atoms with Gasteiger partial charge in [0.1, 0.15) is 5.69 Å². The fourth-order valence-electron chi connectivity index (χ4n) is 1.78. The fraction of sp³-hybridized carbons (Fsp3) is 0.333. The van der Waals surface area contributed by atoms with Gasteiger partial charge in [0.25, 0.3) is 0 Å². The van der Waals surface area contributed by atoms with Gasteiger partial charge in [0.2, 0.25) is 11.1 Å². The van der Waals surface area contributed by atoms with Crippen molar-refractivity contribution in [1.82, 2.24) is 19.6 Å². The Labute approximate surface area is 109 Å². The minimum Gasteiger partial charge on any atom is -0.464 e. The predicted molar refractivity (Wildman–Crippen MR) is 67.4 cm³/mol. The number of methoxy groups -OCH3 is 1. The number of hydrogen-bond acceptors (Lipinski definition) is 5. The van der Waals surface area contributed by atoms with E-state index in [4.69, 9.17) is 0 Å². The van der Waals surface area contributed by atoms with Gasteiger partial charge in [0.15, 0.2) is 0 Å². The van der Waals surface area contributed by atoms with Crippen LogP contribution in [0, 0.1) is 13.8 Å². The van der Waals surface area contributed by atoms with Crippen molar-refractivity contribution in [3.63, 3.8) is 0 Å². The van der Waals surface area contributed by atoms with Gasteiger partial charge >= 0.3 is 5.97 Å². The SMILES string of the molecule is COC(=O)c1nn(-c2cn(C)nc2C)cc(C)c1=O. The summed E-state index contributed by atoms with van der Waals surface area (Å²) < 4.78 is 7.66. The Kier molecular flexibility index (Phi) is 3.20. The van der Waals surface area contributed by atoms with Gasteiger partial charge in [-0.2, -0.15) is 10.2 Å². The lowest BCUT2D eigenvalue weighted by Gasteiger charge is -2.06. The molecule has 0 fully saturated rings. The number of aryl methyl sites for hydroxylation is 3. The van der Waals surface area contributed by atoms with E-state index < -0.39 is 11.4 Å². The van der Waals surface area contributed by atoms with E-state index in [2.05, 4.69) is 14.9 Å². The van der Waals surface area contributed by atoms with Crippen LogP contribution in [-0.2, 0) is 11.8 Å². The Bertz CT molecular complexity index is 699. The Balaban J connectivity index is 2.66. The average molecular weight is 262 g/mol. The van der Waals surface area contributed by atoms with Crippen LogP contribution in [0.5, 0.6) is 0 Å². The molecule has 19 heavy (non-hydrogen) atoms. The second-order valence-corrected chi connectivity index (χ2v) is 4.20. The molecular formula is C12H14N4O3. The normalized spacial score (nSPS) is 10.5. The predicted octanol–water partition coefficient (Wildman–Crippen LogP) is 0.369. The highest BCUT2D eigenvalue weighted by Gasteiger charge is 2.17. The van der Waals surface area contributed by atoms with E-state index in [9.17, 15) is 9.59 Å². The number of carbonyl (C=O) groups is 1. The summed E-state index contributed by atoms with van der Waals surface area (Å²) in [7, 11) is 3.00. The maximum absolute atomic E-state index is 11.8. The van der Waals surface area contributed by atoms with Crippen LogP contribution in [0.15, 0.2) is 17.2 Å². The first-order valence-electron chi connectivity index (χ1n) is 5.63. The van der Waals surface area contributed by atoms with Crippen LogP contribution in [0.3, 0.4) is 0 Å². The number of hydrogen-bond donors (Lipinski definition) is 0. The van der Waals surface area contributed by atoms with Gasteiger partial charge in [0.05, 0.1) is 19.0 Å². The van der Waals surface area contributed by atoms with Crippen LogP contribution < -0.4 is 5.43 Å². The maximum atomic E-state index is 11.8. The summed E-state index contributed by atoms with van der Waals surface area (Å²) in [5.41, 5.74) is 1.21. The average Bonchev–Trinajstić information content (AvgIpc) is 2.70. The molecule has 2 heterocycles. The molecule has 0 aromatic carbocycles. The van der Waals surface area contributed by atoms with E-state index in [1.807, 2.05) is 6.92 Å². The summed E-state index contributed by atoms with van der Waals surface area (Å²) in [6.07, 6.45) is 3.33. The zero-order chi connectivity index (χ0) is 14.2. The number of nitrogens with zero attached hydrogens (tertiary/aromatic N) is 4. The molecule has 0 aliphatic rings. The lowest BCUT2D eigenvalue weighted by Crippen LogP contribution is -2.24. The van der Waals surface area contributed by atoms with Crippen molar-refractivity contribution in [3.8, 4) is 5.69 Å². The third-order valence-electron chi connectivity index (χ3n) is 2.71. The van der Waals surface area contributed by atoms with Crippen LogP contribution in [-0.4, -0.2) is 32.6 Å². The Morgan fingerprint density at radius 2 is 1.95 bits per heavy atom. The molecule has 0 unspecified atom stereocenters. The van der Waals surface area contributed by atoms with Crippen molar-refractivity contribution in [3.05, 3.63) is 39.6 Å². The highest BCUT2D eigenvalue weighted by Crippen LogP contribution is 2.10. The van der Waals surface area contributed by atoms with Crippen molar-refractivity contribution in [2.24, 2.45) is 7.05 Å². The number of carbonyl (C=O) groups excluding carboxylic acids is 1. The minimum atomic E-state index is -0.746. The molecule has 0 aliphatic carbocycles. The minimum absolute atomic E-state index is 0.231.